The molecule has 0 unspecified atom stereocenters. The second kappa shape index (κ2) is 7.73. The number of carbonyl (C=O) groups excluding carboxylic acids is 2. The molecule has 0 bridgehead atoms. The summed E-state index contributed by atoms with van der Waals surface area (Å²) >= 11 is 0. The van der Waals surface area contributed by atoms with Gasteiger partial charge in [-0.25, -0.2) is 5.43 Å². The Morgan fingerprint density at radius 3 is 2.18 bits per heavy atom. The molecule has 2 amide bonds. The fourth-order valence-electron chi connectivity index (χ4n) is 1.84. The predicted octanol–water partition coefficient (Wildman–Crippen LogP) is 2.01. The van der Waals surface area contributed by atoms with Crippen LogP contribution in [0, 0.1) is 0 Å². The molecule has 2 rings (SSSR count). The third kappa shape index (κ3) is 4.56. The van der Waals surface area contributed by atoms with E-state index in [1.54, 1.807) is 0 Å². The fraction of sp³-hybridized carbons (Fsp3) is 0.118. The molecule has 2 N–H and O–H groups in total. The third-order valence-electron chi connectivity index (χ3n) is 3.03. The highest BCUT2D eigenvalue weighted by Crippen LogP contribution is 2.10. The Labute approximate surface area is 129 Å². The van der Waals surface area contributed by atoms with Crippen molar-refractivity contribution < 1.29 is 9.59 Å². The molecule has 5 nitrogen and oxygen atoms in total. The van der Waals surface area contributed by atoms with E-state index in [-0.39, 0.29) is 6.04 Å². The van der Waals surface area contributed by atoms with E-state index in [0.717, 1.165) is 11.1 Å². The minimum absolute atomic E-state index is 0.252. The van der Waals surface area contributed by atoms with Crippen molar-refractivity contribution in [3.8, 4) is 0 Å². The van der Waals surface area contributed by atoms with Crippen molar-refractivity contribution in [3.63, 3.8) is 0 Å². The van der Waals surface area contributed by atoms with E-state index >= 15 is 0 Å². The second-order valence-corrected chi connectivity index (χ2v) is 4.72. The van der Waals surface area contributed by atoms with Crippen LogP contribution < -0.4 is 10.7 Å². The number of hydrogen-bond donors (Lipinski definition) is 2. The number of amides is 2. The summed E-state index contributed by atoms with van der Waals surface area (Å²) in [4.78, 5) is 23.4. The fourth-order valence-corrected chi connectivity index (χ4v) is 1.84. The van der Waals surface area contributed by atoms with E-state index in [0.29, 0.717) is 0 Å². The lowest BCUT2D eigenvalue weighted by Crippen LogP contribution is -2.39. The number of benzene rings is 2. The van der Waals surface area contributed by atoms with Crippen LogP contribution in [0.3, 0.4) is 0 Å². The van der Waals surface area contributed by atoms with Gasteiger partial charge in [-0.1, -0.05) is 60.7 Å². The van der Waals surface area contributed by atoms with Crippen LogP contribution in [0.5, 0.6) is 0 Å². The summed E-state index contributed by atoms with van der Waals surface area (Å²) in [6.07, 6.45) is 1.48. The van der Waals surface area contributed by atoms with Gasteiger partial charge in [0.2, 0.25) is 0 Å². The SMILES string of the molecule is C[C@@H](NC(=O)C(=O)N/N=C\c1ccccc1)c1ccccc1. The minimum atomic E-state index is -0.796. The van der Waals surface area contributed by atoms with Gasteiger partial charge in [0, 0.05) is 0 Å². The van der Waals surface area contributed by atoms with Crippen molar-refractivity contribution in [2.45, 2.75) is 13.0 Å². The number of hydrazone groups is 1. The van der Waals surface area contributed by atoms with Crippen LogP contribution in [-0.4, -0.2) is 18.0 Å². The zero-order valence-electron chi connectivity index (χ0n) is 12.2. The van der Waals surface area contributed by atoms with Crippen LogP contribution in [0.15, 0.2) is 65.8 Å². The smallest absolute Gasteiger partial charge is 0.329 e. The van der Waals surface area contributed by atoms with Crippen molar-refractivity contribution in [1.82, 2.24) is 10.7 Å². The molecule has 0 heterocycles. The van der Waals surface area contributed by atoms with Gasteiger partial charge >= 0.3 is 11.8 Å². The first-order chi connectivity index (χ1) is 10.7. The van der Waals surface area contributed by atoms with Crippen LogP contribution >= 0.6 is 0 Å². The first kappa shape index (κ1) is 15.4. The van der Waals surface area contributed by atoms with Crippen molar-refractivity contribution in [1.29, 1.82) is 0 Å². The molecule has 22 heavy (non-hydrogen) atoms. The van der Waals surface area contributed by atoms with Crippen LogP contribution in [0.1, 0.15) is 24.1 Å². The Hall–Kier alpha value is -2.95. The van der Waals surface area contributed by atoms with Gasteiger partial charge in [-0.05, 0) is 18.1 Å². The van der Waals surface area contributed by atoms with Gasteiger partial charge in [0.25, 0.3) is 0 Å². The molecule has 0 saturated carbocycles. The Bertz CT molecular complexity index is 654. The molecule has 2 aromatic carbocycles. The van der Waals surface area contributed by atoms with Crippen molar-refractivity contribution in [2.75, 3.05) is 0 Å². The molecule has 2 aromatic rings. The van der Waals surface area contributed by atoms with Crippen LogP contribution in [0.4, 0.5) is 0 Å². The molecule has 0 aliphatic rings. The molecule has 1 atom stereocenters. The number of nitrogens with one attached hydrogen (secondary N) is 2. The maximum Gasteiger partial charge on any atom is 0.329 e. The summed E-state index contributed by atoms with van der Waals surface area (Å²) in [7, 11) is 0. The second-order valence-electron chi connectivity index (χ2n) is 4.72. The van der Waals surface area contributed by atoms with Crippen molar-refractivity contribution in [3.05, 3.63) is 71.8 Å². The van der Waals surface area contributed by atoms with Gasteiger partial charge in [-0.2, -0.15) is 5.10 Å². The Morgan fingerprint density at radius 2 is 1.55 bits per heavy atom. The third-order valence-corrected chi connectivity index (χ3v) is 3.03. The van der Waals surface area contributed by atoms with Gasteiger partial charge < -0.3 is 5.32 Å². The number of carbonyl (C=O) groups is 2. The summed E-state index contributed by atoms with van der Waals surface area (Å²) in [6, 6.07) is 18.4. The Balaban J connectivity index is 1.85. The van der Waals surface area contributed by atoms with Gasteiger partial charge in [0.15, 0.2) is 0 Å². The first-order valence-corrected chi connectivity index (χ1v) is 6.90. The molecular formula is C17H17N3O2. The van der Waals surface area contributed by atoms with E-state index < -0.39 is 11.8 Å². The zero-order chi connectivity index (χ0) is 15.8. The number of nitrogens with zero attached hydrogens (tertiary/aromatic N) is 1. The zero-order valence-corrected chi connectivity index (χ0v) is 12.2. The Kier molecular flexibility index (Phi) is 5.43. The van der Waals surface area contributed by atoms with Gasteiger partial charge in [0.1, 0.15) is 0 Å². The van der Waals surface area contributed by atoms with Gasteiger partial charge in [-0.3, -0.25) is 9.59 Å². The molecule has 0 saturated heterocycles. The monoisotopic (exact) mass is 295 g/mol. The summed E-state index contributed by atoms with van der Waals surface area (Å²) in [5, 5.41) is 6.38. The molecule has 0 aliphatic heterocycles. The molecule has 0 spiro atoms. The van der Waals surface area contributed by atoms with E-state index in [2.05, 4.69) is 15.8 Å². The van der Waals surface area contributed by atoms with E-state index in [9.17, 15) is 9.59 Å². The lowest BCUT2D eigenvalue weighted by atomic mass is 10.1. The normalized spacial score (nSPS) is 11.9. The minimum Gasteiger partial charge on any atom is -0.341 e. The molecule has 0 aromatic heterocycles. The summed E-state index contributed by atoms with van der Waals surface area (Å²) in [5.41, 5.74) is 3.97. The van der Waals surface area contributed by atoms with E-state index in [1.807, 2.05) is 67.6 Å². The van der Waals surface area contributed by atoms with Gasteiger partial charge in [0.05, 0.1) is 12.3 Å². The highest BCUT2D eigenvalue weighted by Gasteiger charge is 2.16. The Morgan fingerprint density at radius 1 is 0.955 bits per heavy atom. The number of hydrogen-bond acceptors (Lipinski definition) is 3. The summed E-state index contributed by atoms with van der Waals surface area (Å²) in [5.74, 6) is -1.52. The number of rotatable bonds is 4. The van der Waals surface area contributed by atoms with Crippen LogP contribution in [-0.2, 0) is 9.59 Å². The van der Waals surface area contributed by atoms with Crippen molar-refractivity contribution in [2.24, 2.45) is 5.10 Å². The van der Waals surface area contributed by atoms with Crippen LogP contribution in [0.2, 0.25) is 0 Å². The maximum atomic E-state index is 11.8. The average Bonchev–Trinajstić information content (AvgIpc) is 2.56. The largest absolute Gasteiger partial charge is 0.341 e. The predicted molar refractivity (Wildman–Crippen MR) is 85.2 cm³/mol. The van der Waals surface area contributed by atoms with Crippen molar-refractivity contribution >= 4 is 18.0 Å². The average molecular weight is 295 g/mol. The van der Waals surface area contributed by atoms with E-state index in [4.69, 9.17) is 0 Å². The lowest BCUT2D eigenvalue weighted by molar-refractivity contribution is -0.139. The molecule has 0 fully saturated rings. The highest BCUT2D eigenvalue weighted by molar-refractivity contribution is 6.35. The first-order valence-electron chi connectivity index (χ1n) is 6.90. The quantitative estimate of drug-likeness (QED) is 0.514. The lowest BCUT2D eigenvalue weighted by Gasteiger charge is -2.13. The summed E-state index contributed by atoms with van der Waals surface area (Å²) in [6.45, 7) is 1.81. The van der Waals surface area contributed by atoms with Gasteiger partial charge in [-0.15, -0.1) is 0 Å². The topological polar surface area (TPSA) is 70.6 Å². The standard InChI is InChI=1S/C17H17N3O2/c1-13(15-10-6-3-7-11-15)19-16(21)17(22)20-18-12-14-8-4-2-5-9-14/h2-13H,1H3,(H,19,21)(H,20,22)/b18-12-/t13-/m1/s1. The van der Waals surface area contributed by atoms with Crippen LogP contribution in [0.25, 0.3) is 0 Å². The molecule has 5 heteroatoms. The maximum absolute atomic E-state index is 11.8. The summed E-state index contributed by atoms with van der Waals surface area (Å²) < 4.78 is 0. The highest BCUT2D eigenvalue weighted by atomic mass is 16.2. The molecule has 112 valence electrons. The van der Waals surface area contributed by atoms with E-state index in [1.165, 1.54) is 6.21 Å². The molecular weight excluding hydrogens is 278 g/mol. The molecule has 0 radical (unpaired) electrons. The molecule has 0 aliphatic carbocycles.